The van der Waals surface area contributed by atoms with Gasteiger partial charge in [0.15, 0.2) is 0 Å². The maximum absolute atomic E-state index is 5.69. The summed E-state index contributed by atoms with van der Waals surface area (Å²) < 4.78 is 5.69. The first-order chi connectivity index (χ1) is 9.24. The molecule has 1 aliphatic heterocycles. The largest absolute Gasteiger partial charge is 0.378 e. The van der Waals surface area contributed by atoms with Crippen molar-refractivity contribution in [2.75, 3.05) is 31.1 Å². The van der Waals surface area contributed by atoms with Gasteiger partial charge in [-0.3, -0.25) is 0 Å². The standard InChI is InChI=1S/C15H25N3O/c1-3-19-14-5-8-18(9-6-14)15-12(2)10-13(4-7-16)11-17-15/h10-11,14H,3-9,16H2,1-2H3. The maximum atomic E-state index is 5.69. The van der Waals surface area contributed by atoms with E-state index in [1.54, 1.807) is 0 Å². The predicted molar refractivity (Wildman–Crippen MR) is 78.6 cm³/mol. The predicted octanol–water partition coefficient (Wildman–Crippen LogP) is 1.90. The molecule has 19 heavy (non-hydrogen) atoms. The fourth-order valence-corrected chi connectivity index (χ4v) is 2.73. The van der Waals surface area contributed by atoms with Gasteiger partial charge in [0, 0.05) is 25.9 Å². The molecule has 1 fully saturated rings. The Hall–Kier alpha value is -1.13. The highest BCUT2D eigenvalue weighted by molar-refractivity contribution is 5.47. The number of nitrogens with zero attached hydrogens (tertiary/aromatic N) is 2. The molecule has 2 N–H and O–H groups in total. The third-order valence-electron chi connectivity index (χ3n) is 3.68. The maximum Gasteiger partial charge on any atom is 0.131 e. The van der Waals surface area contributed by atoms with E-state index in [4.69, 9.17) is 10.5 Å². The van der Waals surface area contributed by atoms with E-state index in [1.807, 2.05) is 6.20 Å². The number of rotatable bonds is 5. The summed E-state index contributed by atoms with van der Waals surface area (Å²) in [5, 5.41) is 0. The van der Waals surface area contributed by atoms with Crippen LogP contribution in [0.3, 0.4) is 0 Å². The molecule has 106 valence electrons. The van der Waals surface area contributed by atoms with Crippen molar-refractivity contribution in [3.05, 3.63) is 23.4 Å². The van der Waals surface area contributed by atoms with E-state index in [0.717, 1.165) is 44.8 Å². The summed E-state index contributed by atoms with van der Waals surface area (Å²) >= 11 is 0. The Bertz CT molecular complexity index is 400. The van der Waals surface area contributed by atoms with Gasteiger partial charge in [-0.2, -0.15) is 0 Å². The smallest absolute Gasteiger partial charge is 0.131 e. The van der Waals surface area contributed by atoms with Gasteiger partial charge >= 0.3 is 0 Å². The normalized spacial score (nSPS) is 16.9. The number of pyridine rings is 1. The van der Waals surface area contributed by atoms with Crippen molar-refractivity contribution < 1.29 is 4.74 Å². The monoisotopic (exact) mass is 263 g/mol. The fourth-order valence-electron chi connectivity index (χ4n) is 2.73. The Morgan fingerprint density at radius 1 is 1.42 bits per heavy atom. The van der Waals surface area contributed by atoms with Crippen molar-refractivity contribution in [2.45, 2.75) is 39.2 Å². The van der Waals surface area contributed by atoms with Gasteiger partial charge in [0.05, 0.1) is 6.10 Å². The summed E-state index contributed by atoms with van der Waals surface area (Å²) in [5.74, 6) is 1.12. The topological polar surface area (TPSA) is 51.4 Å². The van der Waals surface area contributed by atoms with Crippen LogP contribution in [0.5, 0.6) is 0 Å². The van der Waals surface area contributed by atoms with Crippen LogP contribution in [-0.2, 0) is 11.2 Å². The molecule has 0 radical (unpaired) electrons. The number of nitrogens with two attached hydrogens (primary N) is 1. The minimum absolute atomic E-state index is 0.429. The highest BCUT2D eigenvalue weighted by Gasteiger charge is 2.21. The lowest BCUT2D eigenvalue weighted by Crippen LogP contribution is -2.37. The van der Waals surface area contributed by atoms with Crippen LogP contribution in [-0.4, -0.2) is 37.3 Å². The van der Waals surface area contributed by atoms with Gasteiger partial charge in [-0.05, 0) is 50.8 Å². The van der Waals surface area contributed by atoms with Crippen LogP contribution in [0.15, 0.2) is 12.3 Å². The molecule has 1 aliphatic rings. The Kier molecular flexibility index (Phi) is 5.16. The molecule has 1 saturated heterocycles. The van der Waals surface area contributed by atoms with Crippen LogP contribution in [0.1, 0.15) is 30.9 Å². The quantitative estimate of drug-likeness (QED) is 0.881. The van der Waals surface area contributed by atoms with Crippen molar-refractivity contribution in [1.29, 1.82) is 0 Å². The van der Waals surface area contributed by atoms with Gasteiger partial charge in [0.2, 0.25) is 0 Å². The third-order valence-corrected chi connectivity index (χ3v) is 3.68. The minimum Gasteiger partial charge on any atom is -0.378 e. The summed E-state index contributed by atoms with van der Waals surface area (Å²) in [6, 6.07) is 2.21. The SMILES string of the molecule is CCOC1CCN(c2ncc(CCN)cc2C)CC1. The van der Waals surface area contributed by atoms with Gasteiger partial charge in [-0.1, -0.05) is 6.07 Å². The van der Waals surface area contributed by atoms with Crippen molar-refractivity contribution in [3.8, 4) is 0 Å². The van der Waals surface area contributed by atoms with Crippen LogP contribution in [0.4, 0.5) is 5.82 Å². The molecular weight excluding hydrogens is 238 g/mol. The van der Waals surface area contributed by atoms with Gasteiger partial charge in [-0.25, -0.2) is 4.98 Å². The molecule has 0 amide bonds. The lowest BCUT2D eigenvalue weighted by molar-refractivity contribution is 0.0458. The molecule has 4 heteroatoms. The molecule has 0 saturated carbocycles. The first kappa shape index (κ1) is 14.3. The highest BCUT2D eigenvalue weighted by Crippen LogP contribution is 2.23. The first-order valence-electron chi connectivity index (χ1n) is 7.26. The Labute approximate surface area is 116 Å². The number of aryl methyl sites for hydroxylation is 1. The van der Waals surface area contributed by atoms with E-state index in [1.165, 1.54) is 11.1 Å². The number of hydrogen-bond acceptors (Lipinski definition) is 4. The molecule has 0 aromatic carbocycles. The molecule has 0 atom stereocenters. The Morgan fingerprint density at radius 3 is 2.74 bits per heavy atom. The molecule has 0 spiro atoms. The van der Waals surface area contributed by atoms with Gasteiger partial charge in [0.1, 0.15) is 5.82 Å². The second-order valence-corrected chi connectivity index (χ2v) is 5.16. The van der Waals surface area contributed by atoms with Crippen molar-refractivity contribution in [1.82, 2.24) is 4.98 Å². The van der Waals surface area contributed by atoms with Gasteiger partial charge in [0.25, 0.3) is 0 Å². The number of piperidine rings is 1. The van der Waals surface area contributed by atoms with E-state index < -0.39 is 0 Å². The molecule has 0 unspecified atom stereocenters. The second-order valence-electron chi connectivity index (χ2n) is 5.16. The van der Waals surface area contributed by atoms with E-state index >= 15 is 0 Å². The van der Waals surface area contributed by atoms with Gasteiger partial charge in [-0.15, -0.1) is 0 Å². The summed E-state index contributed by atoms with van der Waals surface area (Å²) in [6.07, 6.45) is 5.49. The second kappa shape index (κ2) is 6.87. The van der Waals surface area contributed by atoms with E-state index in [2.05, 4.69) is 29.8 Å². The lowest BCUT2D eigenvalue weighted by Gasteiger charge is -2.33. The molecule has 0 aliphatic carbocycles. The Morgan fingerprint density at radius 2 is 2.16 bits per heavy atom. The van der Waals surface area contributed by atoms with E-state index in [0.29, 0.717) is 12.6 Å². The van der Waals surface area contributed by atoms with Crippen LogP contribution in [0.2, 0.25) is 0 Å². The molecule has 1 aromatic heterocycles. The zero-order valence-corrected chi connectivity index (χ0v) is 12.1. The molecule has 0 bridgehead atoms. The number of hydrogen-bond donors (Lipinski definition) is 1. The first-order valence-corrected chi connectivity index (χ1v) is 7.26. The van der Waals surface area contributed by atoms with Crippen LogP contribution in [0, 0.1) is 6.92 Å². The highest BCUT2D eigenvalue weighted by atomic mass is 16.5. The van der Waals surface area contributed by atoms with Crippen molar-refractivity contribution in [2.24, 2.45) is 5.73 Å². The summed E-state index contributed by atoms with van der Waals surface area (Å²) in [6.45, 7) is 7.77. The van der Waals surface area contributed by atoms with E-state index in [-0.39, 0.29) is 0 Å². The molecule has 2 rings (SSSR count). The molecule has 2 heterocycles. The summed E-state index contributed by atoms with van der Waals surface area (Å²) in [7, 11) is 0. The van der Waals surface area contributed by atoms with Crippen LogP contribution >= 0.6 is 0 Å². The van der Waals surface area contributed by atoms with Crippen molar-refractivity contribution >= 4 is 5.82 Å². The van der Waals surface area contributed by atoms with Crippen LogP contribution < -0.4 is 10.6 Å². The zero-order chi connectivity index (χ0) is 13.7. The van der Waals surface area contributed by atoms with Crippen molar-refractivity contribution in [3.63, 3.8) is 0 Å². The summed E-state index contributed by atoms with van der Waals surface area (Å²) in [4.78, 5) is 6.99. The zero-order valence-electron chi connectivity index (χ0n) is 12.1. The number of aromatic nitrogens is 1. The number of ether oxygens (including phenoxy) is 1. The van der Waals surface area contributed by atoms with Crippen LogP contribution in [0.25, 0.3) is 0 Å². The molecule has 1 aromatic rings. The number of anilines is 1. The Balaban J connectivity index is 1.99. The summed E-state index contributed by atoms with van der Waals surface area (Å²) in [5.41, 5.74) is 8.06. The van der Waals surface area contributed by atoms with E-state index in [9.17, 15) is 0 Å². The molecular formula is C15H25N3O. The third kappa shape index (κ3) is 3.67. The average Bonchev–Trinajstić information content (AvgIpc) is 2.41. The minimum atomic E-state index is 0.429. The molecule has 4 nitrogen and oxygen atoms in total. The lowest BCUT2D eigenvalue weighted by atomic mass is 10.1. The fraction of sp³-hybridized carbons (Fsp3) is 0.667. The average molecular weight is 263 g/mol. The van der Waals surface area contributed by atoms with Gasteiger partial charge < -0.3 is 15.4 Å².